The minimum Gasteiger partial charge on any atom is -0.497 e. The largest absolute Gasteiger partial charge is 0.497 e. The number of ether oxygens (including phenoxy) is 2. The third-order valence-electron chi connectivity index (χ3n) is 2.76. The van der Waals surface area contributed by atoms with Gasteiger partial charge in [-0.2, -0.15) is 0 Å². The average Bonchev–Trinajstić information content (AvgIpc) is 2.47. The molecule has 104 valence electrons. The number of anilines is 1. The van der Waals surface area contributed by atoms with E-state index in [-0.39, 0.29) is 11.6 Å². The van der Waals surface area contributed by atoms with E-state index in [0.717, 1.165) is 0 Å². The lowest BCUT2D eigenvalue weighted by Crippen LogP contribution is -2.12. The lowest BCUT2D eigenvalue weighted by molar-refractivity contribution is 0.102. The average molecular weight is 275 g/mol. The van der Waals surface area contributed by atoms with Gasteiger partial charge in [-0.3, -0.25) is 4.79 Å². The number of amides is 1. The first-order chi connectivity index (χ1) is 9.63. The number of hydrogen-bond acceptors (Lipinski definition) is 3. The molecule has 2 aromatic rings. The number of halogens is 1. The fraction of sp³-hybridized carbons (Fsp3) is 0.133. The Morgan fingerprint density at radius 2 is 1.75 bits per heavy atom. The van der Waals surface area contributed by atoms with Crippen LogP contribution in [0.25, 0.3) is 0 Å². The molecule has 0 saturated heterocycles. The van der Waals surface area contributed by atoms with Crippen LogP contribution in [0, 0.1) is 5.82 Å². The van der Waals surface area contributed by atoms with Gasteiger partial charge in [0.25, 0.3) is 5.91 Å². The van der Waals surface area contributed by atoms with E-state index >= 15 is 0 Å². The molecule has 2 aromatic carbocycles. The zero-order chi connectivity index (χ0) is 14.5. The third-order valence-corrected chi connectivity index (χ3v) is 2.76. The van der Waals surface area contributed by atoms with Crippen molar-refractivity contribution in [3.05, 3.63) is 53.8 Å². The van der Waals surface area contributed by atoms with Gasteiger partial charge in [-0.1, -0.05) is 0 Å². The van der Waals surface area contributed by atoms with E-state index in [1.54, 1.807) is 31.4 Å². The molecule has 0 spiro atoms. The molecule has 1 N–H and O–H groups in total. The van der Waals surface area contributed by atoms with Crippen LogP contribution in [-0.4, -0.2) is 20.1 Å². The molecular formula is C15H14FNO3. The number of rotatable bonds is 4. The summed E-state index contributed by atoms with van der Waals surface area (Å²) in [5.41, 5.74) is 0.727. The molecular weight excluding hydrogens is 261 g/mol. The molecule has 5 heteroatoms. The van der Waals surface area contributed by atoms with Crippen molar-refractivity contribution >= 4 is 11.6 Å². The SMILES string of the molecule is COc1ccc(C(=O)Nc2cc(F)ccc2OC)cc1. The monoisotopic (exact) mass is 275 g/mol. The Morgan fingerprint density at radius 3 is 2.35 bits per heavy atom. The first-order valence-electron chi connectivity index (χ1n) is 5.93. The maximum absolute atomic E-state index is 13.2. The zero-order valence-corrected chi connectivity index (χ0v) is 11.1. The van der Waals surface area contributed by atoms with Gasteiger partial charge in [0.05, 0.1) is 19.9 Å². The van der Waals surface area contributed by atoms with E-state index < -0.39 is 5.82 Å². The van der Waals surface area contributed by atoms with Crippen molar-refractivity contribution in [2.45, 2.75) is 0 Å². The van der Waals surface area contributed by atoms with Crippen molar-refractivity contribution in [1.29, 1.82) is 0 Å². The van der Waals surface area contributed by atoms with Crippen LogP contribution >= 0.6 is 0 Å². The number of nitrogens with one attached hydrogen (secondary N) is 1. The van der Waals surface area contributed by atoms with Crippen LogP contribution in [0.15, 0.2) is 42.5 Å². The van der Waals surface area contributed by atoms with Crippen molar-refractivity contribution in [2.75, 3.05) is 19.5 Å². The van der Waals surface area contributed by atoms with E-state index in [1.165, 1.54) is 25.3 Å². The lowest BCUT2D eigenvalue weighted by Gasteiger charge is -2.10. The van der Waals surface area contributed by atoms with E-state index in [9.17, 15) is 9.18 Å². The van der Waals surface area contributed by atoms with Gasteiger partial charge in [0, 0.05) is 11.6 Å². The highest BCUT2D eigenvalue weighted by molar-refractivity contribution is 6.05. The molecule has 2 rings (SSSR count). The minimum absolute atomic E-state index is 0.285. The predicted molar refractivity (Wildman–Crippen MR) is 73.9 cm³/mol. The standard InChI is InChI=1S/C15H14FNO3/c1-19-12-6-3-10(4-7-12)15(18)17-13-9-11(16)5-8-14(13)20-2/h3-9H,1-2H3,(H,17,18). The van der Waals surface area contributed by atoms with Crippen LogP contribution in [-0.2, 0) is 0 Å². The van der Waals surface area contributed by atoms with Gasteiger partial charge in [-0.15, -0.1) is 0 Å². The Labute approximate surface area is 116 Å². The van der Waals surface area contributed by atoms with Crippen LogP contribution in [0.1, 0.15) is 10.4 Å². The van der Waals surface area contributed by atoms with E-state index in [1.807, 2.05) is 0 Å². The van der Waals surface area contributed by atoms with Gasteiger partial charge in [-0.05, 0) is 36.4 Å². The summed E-state index contributed by atoms with van der Waals surface area (Å²) in [6.45, 7) is 0. The summed E-state index contributed by atoms with van der Waals surface area (Å²) in [6.07, 6.45) is 0. The van der Waals surface area contributed by atoms with Gasteiger partial charge in [-0.25, -0.2) is 4.39 Å². The van der Waals surface area contributed by atoms with E-state index in [2.05, 4.69) is 5.32 Å². The normalized spacial score (nSPS) is 9.95. The van der Waals surface area contributed by atoms with Gasteiger partial charge in [0.2, 0.25) is 0 Å². The Hall–Kier alpha value is -2.56. The zero-order valence-electron chi connectivity index (χ0n) is 11.1. The van der Waals surface area contributed by atoms with Crippen molar-refractivity contribution < 1.29 is 18.7 Å². The molecule has 1 amide bonds. The molecule has 0 saturated carbocycles. The fourth-order valence-corrected chi connectivity index (χ4v) is 1.71. The van der Waals surface area contributed by atoms with Crippen molar-refractivity contribution in [3.63, 3.8) is 0 Å². The second kappa shape index (κ2) is 6.06. The first-order valence-corrected chi connectivity index (χ1v) is 5.93. The van der Waals surface area contributed by atoms with Gasteiger partial charge in [0.1, 0.15) is 17.3 Å². The van der Waals surface area contributed by atoms with E-state index in [4.69, 9.17) is 9.47 Å². The van der Waals surface area contributed by atoms with Gasteiger partial charge < -0.3 is 14.8 Å². The van der Waals surface area contributed by atoms with Crippen molar-refractivity contribution in [2.24, 2.45) is 0 Å². The quantitative estimate of drug-likeness (QED) is 0.932. The Morgan fingerprint density at radius 1 is 1.05 bits per heavy atom. The van der Waals surface area contributed by atoms with Crippen LogP contribution < -0.4 is 14.8 Å². The molecule has 0 aliphatic heterocycles. The molecule has 0 aromatic heterocycles. The smallest absolute Gasteiger partial charge is 0.255 e. The Balaban J connectivity index is 2.20. The number of benzene rings is 2. The molecule has 0 atom stereocenters. The summed E-state index contributed by atoms with van der Waals surface area (Å²) in [5.74, 6) is 0.255. The summed E-state index contributed by atoms with van der Waals surface area (Å²) in [7, 11) is 3.00. The molecule has 0 radical (unpaired) electrons. The highest BCUT2D eigenvalue weighted by atomic mass is 19.1. The maximum Gasteiger partial charge on any atom is 0.255 e. The Bertz CT molecular complexity index is 611. The number of carbonyl (C=O) groups excluding carboxylic acids is 1. The number of methoxy groups -OCH3 is 2. The molecule has 0 unspecified atom stereocenters. The number of carbonyl (C=O) groups is 1. The van der Waals surface area contributed by atoms with Crippen LogP contribution in [0.3, 0.4) is 0 Å². The van der Waals surface area contributed by atoms with Crippen LogP contribution in [0.2, 0.25) is 0 Å². The van der Waals surface area contributed by atoms with Crippen LogP contribution in [0.4, 0.5) is 10.1 Å². The molecule has 0 aliphatic rings. The summed E-state index contributed by atoms with van der Waals surface area (Å²) < 4.78 is 23.3. The van der Waals surface area contributed by atoms with Gasteiger partial charge in [0.15, 0.2) is 0 Å². The Kier molecular flexibility index (Phi) is 4.20. The highest BCUT2D eigenvalue weighted by Gasteiger charge is 2.10. The number of hydrogen-bond donors (Lipinski definition) is 1. The predicted octanol–water partition coefficient (Wildman–Crippen LogP) is 3.10. The maximum atomic E-state index is 13.2. The first kappa shape index (κ1) is 13.9. The fourth-order valence-electron chi connectivity index (χ4n) is 1.71. The summed E-state index contributed by atoms with van der Waals surface area (Å²) in [6, 6.07) is 10.5. The third kappa shape index (κ3) is 3.06. The second-order valence-electron chi connectivity index (χ2n) is 4.03. The molecule has 20 heavy (non-hydrogen) atoms. The molecule has 0 heterocycles. The molecule has 4 nitrogen and oxygen atoms in total. The summed E-state index contributed by atoms with van der Waals surface area (Å²) in [5, 5.41) is 2.61. The topological polar surface area (TPSA) is 47.6 Å². The second-order valence-corrected chi connectivity index (χ2v) is 4.03. The summed E-state index contributed by atoms with van der Waals surface area (Å²) in [4.78, 5) is 12.1. The van der Waals surface area contributed by atoms with Crippen molar-refractivity contribution in [3.8, 4) is 11.5 Å². The van der Waals surface area contributed by atoms with Gasteiger partial charge >= 0.3 is 0 Å². The van der Waals surface area contributed by atoms with Crippen molar-refractivity contribution in [1.82, 2.24) is 0 Å². The van der Waals surface area contributed by atoms with Crippen LogP contribution in [0.5, 0.6) is 11.5 Å². The molecule has 0 bridgehead atoms. The minimum atomic E-state index is -0.448. The highest BCUT2D eigenvalue weighted by Crippen LogP contribution is 2.25. The lowest BCUT2D eigenvalue weighted by atomic mass is 10.2. The molecule has 0 aliphatic carbocycles. The van der Waals surface area contributed by atoms with E-state index in [0.29, 0.717) is 17.1 Å². The summed E-state index contributed by atoms with van der Waals surface area (Å²) >= 11 is 0. The molecule has 0 fully saturated rings.